The SMILES string of the molecule is O=C(O)C1CCC(CNC2(CO)CCOCC2)O1. The Morgan fingerprint density at radius 1 is 1.33 bits per heavy atom. The van der Waals surface area contributed by atoms with Crippen LogP contribution in [0.1, 0.15) is 25.7 Å². The second-order valence-electron chi connectivity index (χ2n) is 5.09. The molecule has 2 unspecified atom stereocenters. The zero-order valence-electron chi connectivity index (χ0n) is 10.4. The smallest absolute Gasteiger partial charge is 0.332 e. The van der Waals surface area contributed by atoms with Gasteiger partial charge in [-0.25, -0.2) is 4.79 Å². The minimum Gasteiger partial charge on any atom is -0.479 e. The molecule has 0 aromatic rings. The molecule has 3 N–H and O–H groups in total. The molecule has 2 fully saturated rings. The zero-order chi connectivity index (χ0) is 13.0. The van der Waals surface area contributed by atoms with Gasteiger partial charge in [-0.3, -0.25) is 0 Å². The lowest BCUT2D eigenvalue weighted by atomic mass is 9.91. The fraction of sp³-hybridized carbons (Fsp3) is 0.917. The van der Waals surface area contributed by atoms with E-state index in [0.717, 1.165) is 19.3 Å². The van der Waals surface area contributed by atoms with Crippen molar-refractivity contribution in [2.45, 2.75) is 43.4 Å². The molecule has 0 aliphatic carbocycles. The van der Waals surface area contributed by atoms with E-state index in [9.17, 15) is 9.90 Å². The Morgan fingerprint density at radius 3 is 2.61 bits per heavy atom. The van der Waals surface area contributed by atoms with Crippen LogP contribution in [0.3, 0.4) is 0 Å². The maximum atomic E-state index is 10.8. The third kappa shape index (κ3) is 3.20. The van der Waals surface area contributed by atoms with Gasteiger partial charge in [-0.1, -0.05) is 0 Å². The molecule has 0 bridgehead atoms. The van der Waals surface area contributed by atoms with Crippen LogP contribution < -0.4 is 5.32 Å². The average molecular weight is 259 g/mol. The third-order valence-electron chi connectivity index (χ3n) is 3.84. The molecule has 2 saturated heterocycles. The first-order valence-electron chi connectivity index (χ1n) is 6.47. The number of aliphatic hydroxyl groups excluding tert-OH is 1. The van der Waals surface area contributed by atoms with Crippen molar-refractivity contribution in [3.63, 3.8) is 0 Å². The third-order valence-corrected chi connectivity index (χ3v) is 3.84. The standard InChI is InChI=1S/C12H21NO5/c14-8-12(3-5-17-6-4-12)13-7-9-1-2-10(18-9)11(15)16/h9-10,13-14H,1-8H2,(H,15,16). The summed E-state index contributed by atoms with van der Waals surface area (Å²) in [5, 5.41) is 21.7. The molecule has 2 aliphatic heterocycles. The second kappa shape index (κ2) is 5.97. The van der Waals surface area contributed by atoms with Gasteiger partial charge in [0.2, 0.25) is 0 Å². The Morgan fingerprint density at radius 2 is 2.06 bits per heavy atom. The second-order valence-corrected chi connectivity index (χ2v) is 5.09. The summed E-state index contributed by atoms with van der Waals surface area (Å²) < 4.78 is 10.7. The summed E-state index contributed by atoms with van der Waals surface area (Å²) in [5.74, 6) is -0.888. The first-order chi connectivity index (χ1) is 8.65. The van der Waals surface area contributed by atoms with E-state index in [0.29, 0.717) is 26.2 Å². The van der Waals surface area contributed by atoms with Crippen LogP contribution >= 0.6 is 0 Å². The van der Waals surface area contributed by atoms with Gasteiger partial charge in [0.1, 0.15) is 0 Å². The van der Waals surface area contributed by atoms with E-state index in [1.54, 1.807) is 0 Å². The Labute approximate surface area is 106 Å². The van der Waals surface area contributed by atoms with E-state index in [1.165, 1.54) is 0 Å². The van der Waals surface area contributed by atoms with Crippen LogP contribution in [0.2, 0.25) is 0 Å². The number of aliphatic carboxylic acids is 1. The minimum absolute atomic E-state index is 0.0719. The predicted octanol–water partition coefficient (Wildman–Crippen LogP) is -0.250. The summed E-state index contributed by atoms with van der Waals surface area (Å²) in [6.45, 7) is 1.96. The highest BCUT2D eigenvalue weighted by atomic mass is 16.5. The van der Waals surface area contributed by atoms with Crippen LogP contribution in [0.4, 0.5) is 0 Å². The van der Waals surface area contributed by atoms with Crippen LogP contribution in [-0.2, 0) is 14.3 Å². The van der Waals surface area contributed by atoms with E-state index in [-0.39, 0.29) is 18.2 Å². The van der Waals surface area contributed by atoms with Crippen molar-refractivity contribution in [3.8, 4) is 0 Å². The first kappa shape index (κ1) is 13.7. The quantitative estimate of drug-likeness (QED) is 0.631. The van der Waals surface area contributed by atoms with Gasteiger partial charge in [0, 0.05) is 25.3 Å². The summed E-state index contributed by atoms with van der Waals surface area (Å²) in [5.41, 5.74) is -0.289. The summed E-state index contributed by atoms with van der Waals surface area (Å²) in [6.07, 6.45) is 2.13. The monoisotopic (exact) mass is 259 g/mol. The number of rotatable bonds is 5. The molecule has 0 saturated carbocycles. The van der Waals surface area contributed by atoms with Gasteiger partial charge in [-0.05, 0) is 25.7 Å². The summed E-state index contributed by atoms with van der Waals surface area (Å²) in [7, 11) is 0. The summed E-state index contributed by atoms with van der Waals surface area (Å²) in [4.78, 5) is 10.8. The van der Waals surface area contributed by atoms with Gasteiger partial charge in [0.25, 0.3) is 0 Å². The summed E-state index contributed by atoms with van der Waals surface area (Å²) >= 11 is 0. The van der Waals surface area contributed by atoms with Gasteiger partial charge in [-0.2, -0.15) is 0 Å². The van der Waals surface area contributed by atoms with Crippen LogP contribution in [0, 0.1) is 0 Å². The molecular formula is C12H21NO5. The van der Waals surface area contributed by atoms with Gasteiger partial charge in [-0.15, -0.1) is 0 Å². The van der Waals surface area contributed by atoms with Crippen LogP contribution in [0.25, 0.3) is 0 Å². The molecule has 0 aromatic carbocycles. The van der Waals surface area contributed by atoms with E-state index in [2.05, 4.69) is 5.32 Å². The molecule has 2 aliphatic rings. The number of carboxylic acids is 1. The van der Waals surface area contributed by atoms with Crippen LogP contribution in [0.5, 0.6) is 0 Å². The fourth-order valence-electron chi connectivity index (χ4n) is 2.52. The topological polar surface area (TPSA) is 88.0 Å². The molecule has 0 aromatic heterocycles. The molecule has 2 atom stereocenters. The van der Waals surface area contributed by atoms with Crippen molar-refractivity contribution in [2.24, 2.45) is 0 Å². The molecule has 6 heteroatoms. The Hall–Kier alpha value is -0.690. The number of nitrogens with one attached hydrogen (secondary N) is 1. The van der Waals surface area contributed by atoms with Crippen molar-refractivity contribution in [2.75, 3.05) is 26.4 Å². The van der Waals surface area contributed by atoms with Crippen molar-refractivity contribution >= 4 is 5.97 Å². The molecule has 0 radical (unpaired) electrons. The highest BCUT2D eigenvalue weighted by molar-refractivity contribution is 5.72. The lowest BCUT2D eigenvalue weighted by Gasteiger charge is -2.37. The lowest BCUT2D eigenvalue weighted by molar-refractivity contribution is -0.149. The van der Waals surface area contributed by atoms with Gasteiger partial charge >= 0.3 is 5.97 Å². The van der Waals surface area contributed by atoms with E-state index in [1.807, 2.05) is 0 Å². The average Bonchev–Trinajstić information content (AvgIpc) is 2.87. The maximum Gasteiger partial charge on any atom is 0.332 e. The Kier molecular flexibility index (Phi) is 4.55. The largest absolute Gasteiger partial charge is 0.479 e. The molecule has 2 rings (SSSR count). The Balaban J connectivity index is 1.78. The molecule has 18 heavy (non-hydrogen) atoms. The van der Waals surface area contributed by atoms with Crippen LogP contribution in [-0.4, -0.2) is 60.3 Å². The van der Waals surface area contributed by atoms with Gasteiger partial charge in [0.15, 0.2) is 6.10 Å². The lowest BCUT2D eigenvalue weighted by Crippen LogP contribution is -2.54. The highest BCUT2D eigenvalue weighted by Gasteiger charge is 2.35. The number of aliphatic hydroxyl groups is 1. The van der Waals surface area contributed by atoms with E-state index in [4.69, 9.17) is 14.6 Å². The fourth-order valence-corrected chi connectivity index (χ4v) is 2.52. The minimum atomic E-state index is -0.888. The molecule has 6 nitrogen and oxygen atoms in total. The molecule has 104 valence electrons. The van der Waals surface area contributed by atoms with Gasteiger partial charge in [0.05, 0.1) is 12.7 Å². The number of hydrogen-bond donors (Lipinski definition) is 3. The zero-order valence-corrected chi connectivity index (χ0v) is 10.4. The van der Waals surface area contributed by atoms with E-state index >= 15 is 0 Å². The summed E-state index contributed by atoms with van der Waals surface area (Å²) in [6, 6.07) is 0. The predicted molar refractivity (Wildman–Crippen MR) is 63.4 cm³/mol. The normalized spacial score (nSPS) is 31.4. The van der Waals surface area contributed by atoms with Crippen molar-refractivity contribution in [1.82, 2.24) is 5.32 Å². The number of carbonyl (C=O) groups is 1. The molecular weight excluding hydrogens is 238 g/mol. The highest BCUT2D eigenvalue weighted by Crippen LogP contribution is 2.23. The van der Waals surface area contributed by atoms with Crippen molar-refractivity contribution in [3.05, 3.63) is 0 Å². The number of carboxylic acid groups (broad SMARTS) is 1. The maximum absolute atomic E-state index is 10.8. The number of ether oxygens (including phenoxy) is 2. The molecule has 0 spiro atoms. The van der Waals surface area contributed by atoms with E-state index < -0.39 is 12.1 Å². The van der Waals surface area contributed by atoms with Crippen molar-refractivity contribution in [1.29, 1.82) is 0 Å². The molecule has 0 amide bonds. The Bertz CT molecular complexity index is 290. The van der Waals surface area contributed by atoms with Gasteiger partial charge < -0.3 is 25.0 Å². The number of hydrogen-bond acceptors (Lipinski definition) is 5. The van der Waals surface area contributed by atoms with Crippen LogP contribution in [0.15, 0.2) is 0 Å². The van der Waals surface area contributed by atoms with Crippen molar-refractivity contribution < 1.29 is 24.5 Å². The first-order valence-corrected chi connectivity index (χ1v) is 6.47. The molecule has 2 heterocycles.